The lowest BCUT2D eigenvalue weighted by atomic mass is 9.44. The monoisotopic (exact) mass is 334 g/mol. The summed E-state index contributed by atoms with van der Waals surface area (Å²) in [4.78, 5) is 12.3. The molecule has 0 aromatic rings. The van der Waals surface area contributed by atoms with Gasteiger partial charge >= 0.3 is 0 Å². The fourth-order valence-corrected chi connectivity index (χ4v) is 7.65. The summed E-state index contributed by atoms with van der Waals surface area (Å²) >= 11 is 0. The number of rotatable bonds is 1. The predicted octanol–water partition coefficient (Wildman–Crippen LogP) is 3.57. The molecule has 0 spiro atoms. The van der Waals surface area contributed by atoms with Gasteiger partial charge in [-0.2, -0.15) is 0 Å². The molecular weight excluding hydrogens is 300 g/mol. The molecule has 0 bridgehead atoms. The molecule has 4 fully saturated rings. The van der Waals surface area contributed by atoms with Gasteiger partial charge in [-0.15, -0.1) is 0 Å². The van der Waals surface area contributed by atoms with Crippen molar-refractivity contribution >= 4 is 5.78 Å². The number of carbonyl (C=O) groups excluding carboxylic acids is 1. The molecule has 4 saturated carbocycles. The molecule has 2 N–H and O–H groups in total. The zero-order valence-corrected chi connectivity index (χ0v) is 15.6. The summed E-state index contributed by atoms with van der Waals surface area (Å²) in [5, 5.41) is 20.6. The Morgan fingerprint density at radius 3 is 2.46 bits per heavy atom. The van der Waals surface area contributed by atoms with Crippen LogP contribution < -0.4 is 0 Å². The van der Waals surface area contributed by atoms with E-state index in [0.29, 0.717) is 35.9 Å². The average Bonchev–Trinajstić information content (AvgIpc) is 2.77. The van der Waals surface area contributed by atoms with E-state index in [1.807, 2.05) is 0 Å². The van der Waals surface area contributed by atoms with Crippen LogP contribution in [0.25, 0.3) is 0 Å². The van der Waals surface area contributed by atoms with Crippen LogP contribution in [0.2, 0.25) is 0 Å². The molecule has 3 nitrogen and oxygen atoms in total. The highest BCUT2D eigenvalue weighted by Crippen LogP contribution is 2.68. The zero-order valence-electron chi connectivity index (χ0n) is 15.6. The highest BCUT2D eigenvalue weighted by Gasteiger charge is 2.63. The minimum absolute atomic E-state index is 0.0222. The Balaban J connectivity index is 1.65. The molecule has 4 aliphatic carbocycles. The van der Waals surface area contributed by atoms with Crippen molar-refractivity contribution in [1.82, 2.24) is 0 Å². The quantitative estimate of drug-likeness (QED) is 0.771. The zero-order chi connectivity index (χ0) is 17.3. The van der Waals surface area contributed by atoms with Crippen molar-refractivity contribution in [3.05, 3.63) is 0 Å². The van der Waals surface area contributed by atoms with Crippen molar-refractivity contribution in [1.29, 1.82) is 0 Å². The van der Waals surface area contributed by atoms with Gasteiger partial charge in [0.05, 0.1) is 12.2 Å². The smallest absolute Gasteiger partial charge is 0.138 e. The van der Waals surface area contributed by atoms with Crippen LogP contribution in [0, 0.1) is 40.4 Å². The van der Waals surface area contributed by atoms with E-state index >= 15 is 0 Å². The van der Waals surface area contributed by atoms with Crippen LogP contribution in [0.1, 0.15) is 72.1 Å². The van der Waals surface area contributed by atoms with Gasteiger partial charge in [0.25, 0.3) is 0 Å². The number of fused-ring (bicyclic) bond motifs is 5. The first kappa shape index (κ1) is 17.0. The highest BCUT2D eigenvalue weighted by atomic mass is 16.3. The summed E-state index contributed by atoms with van der Waals surface area (Å²) in [6.45, 7) is 6.83. The fraction of sp³-hybridized carbons (Fsp3) is 0.952. The van der Waals surface area contributed by atoms with Crippen LogP contribution in [0.3, 0.4) is 0 Å². The first-order valence-corrected chi connectivity index (χ1v) is 10.1. The number of hydrogen-bond acceptors (Lipinski definition) is 3. The second kappa shape index (κ2) is 5.30. The Morgan fingerprint density at radius 2 is 1.75 bits per heavy atom. The van der Waals surface area contributed by atoms with Crippen LogP contribution in [-0.2, 0) is 4.79 Å². The van der Waals surface area contributed by atoms with Crippen molar-refractivity contribution < 1.29 is 15.0 Å². The molecule has 0 radical (unpaired) electrons. The Morgan fingerprint density at radius 1 is 1.04 bits per heavy atom. The minimum atomic E-state index is -0.517. The number of aliphatic hydroxyl groups is 2. The van der Waals surface area contributed by atoms with Crippen molar-refractivity contribution in [2.45, 2.75) is 77.7 Å². The van der Waals surface area contributed by atoms with Crippen molar-refractivity contribution in [2.24, 2.45) is 40.4 Å². The summed E-state index contributed by atoms with van der Waals surface area (Å²) in [5.41, 5.74) is -0.241. The molecular formula is C21H34O3. The minimum Gasteiger partial charge on any atom is -0.396 e. The molecule has 0 amide bonds. The van der Waals surface area contributed by atoms with Crippen LogP contribution in [-0.4, -0.2) is 28.2 Å². The first-order chi connectivity index (χ1) is 11.2. The molecule has 0 aromatic carbocycles. The molecule has 24 heavy (non-hydrogen) atoms. The van der Waals surface area contributed by atoms with E-state index in [9.17, 15) is 15.0 Å². The second-order valence-corrected chi connectivity index (χ2v) is 10.2. The molecule has 8 atom stereocenters. The predicted molar refractivity (Wildman–Crippen MR) is 93.3 cm³/mol. The number of aliphatic hydroxyl groups excluding tert-OH is 1. The van der Waals surface area contributed by atoms with Gasteiger partial charge in [0.2, 0.25) is 0 Å². The molecule has 136 valence electrons. The first-order valence-electron chi connectivity index (χ1n) is 10.1. The Hall–Kier alpha value is -0.410. The maximum Gasteiger partial charge on any atom is 0.138 e. The standard InChI is InChI=1S/C21H34O3/c1-19-11-13(12-22)18(23)10-14(19)4-5-15-16(19)6-8-20(2)17(15)7-9-21(20,3)24/h13-17,22,24H,4-12H2,1-3H3/t13-,14+,15-,16+,17+,19+,20+,21+/m1/s1. The number of carbonyl (C=O) groups is 1. The van der Waals surface area contributed by atoms with E-state index in [1.165, 1.54) is 12.8 Å². The average molecular weight is 335 g/mol. The lowest BCUT2D eigenvalue weighted by molar-refractivity contribution is -0.160. The van der Waals surface area contributed by atoms with Gasteiger partial charge in [0.1, 0.15) is 5.78 Å². The molecule has 4 rings (SSSR count). The van der Waals surface area contributed by atoms with E-state index in [1.54, 1.807) is 0 Å². The Kier molecular flexibility index (Phi) is 3.76. The third-order valence-electron chi connectivity index (χ3n) is 9.44. The lowest BCUT2D eigenvalue weighted by Gasteiger charge is -2.61. The third kappa shape index (κ3) is 2.06. The van der Waals surface area contributed by atoms with E-state index in [-0.39, 0.29) is 23.4 Å². The van der Waals surface area contributed by atoms with Crippen LogP contribution in [0.5, 0.6) is 0 Å². The number of ketones is 1. The van der Waals surface area contributed by atoms with E-state index in [2.05, 4.69) is 20.8 Å². The van der Waals surface area contributed by atoms with Crippen LogP contribution >= 0.6 is 0 Å². The molecule has 0 heterocycles. The molecule has 4 aliphatic rings. The van der Waals surface area contributed by atoms with Crippen molar-refractivity contribution in [2.75, 3.05) is 6.61 Å². The molecule has 0 saturated heterocycles. The maximum absolute atomic E-state index is 12.3. The lowest BCUT2D eigenvalue weighted by Crippen LogP contribution is -2.57. The van der Waals surface area contributed by atoms with Gasteiger partial charge < -0.3 is 10.2 Å². The maximum atomic E-state index is 12.3. The molecule has 0 unspecified atom stereocenters. The second-order valence-electron chi connectivity index (χ2n) is 10.2. The van der Waals surface area contributed by atoms with Crippen LogP contribution in [0.15, 0.2) is 0 Å². The SMILES string of the molecule is C[C@]12C[C@H](CO)C(=O)C[C@@H]1CC[C@@H]1[C@@H]2CC[C@@]2(C)[C@H]1CC[C@]2(C)O. The van der Waals surface area contributed by atoms with Crippen molar-refractivity contribution in [3.63, 3.8) is 0 Å². The summed E-state index contributed by atoms with van der Waals surface area (Å²) in [7, 11) is 0. The molecule has 0 aliphatic heterocycles. The molecule has 0 aromatic heterocycles. The largest absolute Gasteiger partial charge is 0.396 e. The Bertz CT molecular complexity index is 541. The van der Waals surface area contributed by atoms with Crippen molar-refractivity contribution in [3.8, 4) is 0 Å². The molecule has 3 heteroatoms. The normalized spacial score (nSPS) is 57.2. The van der Waals surface area contributed by atoms with E-state index < -0.39 is 5.60 Å². The topological polar surface area (TPSA) is 57.5 Å². The van der Waals surface area contributed by atoms with Gasteiger partial charge in [-0.1, -0.05) is 13.8 Å². The summed E-state index contributed by atoms with van der Waals surface area (Å²) in [6, 6.07) is 0. The van der Waals surface area contributed by atoms with Gasteiger partial charge in [0, 0.05) is 12.3 Å². The number of hydrogen-bond donors (Lipinski definition) is 2. The van der Waals surface area contributed by atoms with E-state index in [4.69, 9.17) is 0 Å². The Labute approximate surface area is 146 Å². The van der Waals surface area contributed by atoms with Gasteiger partial charge in [0.15, 0.2) is 0 Å². The summed E-state index contributed by atoms with van der Waals surface area (Å²) < 4.78 is 0. The highest BCUT2D eigenvalue weighted by molar-refractivity contribution is 5.82. The van der Waals surface area contributed by atoms with Gasteiger partial charge in [-0.05, 0) is 86.4 Å². The third-order valence-corrected chi connectivity index (χ3v) is 9.44. The number of Topliss-reactive ketones (excluding diaryl/α,β-unsaturated/α-hetero) is 1. The summed E-state index contributed by atoms with van der Waals surface area (Å²) in [6.07, 6.45) is 8.37. The summed E-state index contributed by atoms with van der Waals surface area (Å²) in [5.74, 6) is 2.68. The fourth-order valence-electron chi connectivity index (χ4n) is 7.65. The van der Waals surface area contributed by atoms with Gasteiger partial charge in [-0.25, -0.2) is 0 Å². The van der Waals surface area contributed by atoms with Crippen LogP contribution in [0.4, 0.5) is 0 Å². The van der Waals surface area contributed by atoms with E-state index in [0.717, 1.165) is 32.1 Å². The van der Waals surface area contributed by atoms with Gasteiger partial charge in [-0.3, -0.25) is 4.79 Å².